The van der Waals surface area contributed by atoms with E-state index in [1.165, 1.54) is 22.3 Å². The van der Waals surface area contributed by atoms with Gasteiger partial charge in [-0.3, -0.25) is 4.57 Å². The topological polar surface area (TPSA) is 64.1 Å². The van der Waals surface area contributed by atoms with E-state index in [0.717, 1.165) is 116 Å². The fraction of sp³-hybridized carbons (Fsp3) is 0.0968. The van der Waals surface area contributed by atoms with Crippen LogP contribution in [0.5, 0.6) is 5.75 Å². The van der Waals surface area contributed by atoms with Crippen LogP contribution >= 0.6 is 0 Å². The van der Waals surface area contributed by atoms with Crippen molar-refractivity contribution in [2.75, 3.05) is 0 Å². The van der Waals surface area contributed by atoms with Crippen LogP contribution in [-0.4, -0.2) is 19.6 Å². The van der Waals surface area contributed by atoms with Gasteiger partial charge in [-0.05, 0) is 115 Å². The van der Waals surface area contributed by atoms with Crippen molar-refractivity contribution in [3.05, 3.63) is 203 Å². The minimum atomic E-state index is 0. The van der Waals surface area contributed by atoms with E-state index in [9.17, 15) is 5.11 Å². The molecule has 0 unspecified atom stereocenters. The maximum Gasteiger partial charge on any atom is 0.163 e. The van der Waals surface area contributed by atoms with Gasteiger partial charge in [0.1, 0.15) is 17.0 Å². The number of aryl methyl sites for hydroxylation is 6. The Bertz CT molecular complexity index is 3900. The number of aromatic hydroxyl groups is 1. The number of fused-ring (bicyclic) bond motifs is 7. The van der Waals surface area contributed by atoms with E-state index >= 15 is 0 Å². The zero-order chi connectivity index (χ0) is 45.7. The van der Waals surface area contributed by atoms with Crippen LogP contribution in [0.4, 0.5) is 0 Å². The van der Waals surface area contributed by atoms with Crippen molar-refractivity contribution in [1.82, 2.24) is 14.5 Å². The van der Waals surface area contributed by atoms with Crippen molar-refractivity contribution in [2.45, 2.75) is 41.5 Å². The normalized spacial score (nSPS) is 11.6. The summed E-state index contributed by atoms with van der Waals surface area (Å²) in [7, 11) is 0. The Morgan fingerprint density at radius 3 is 1.82 bits per heavy atom. The van der Waals surface area contributed by atoms with Gasteiger partial charge in [0, 0.05) is 31.8 Å². The Morgan fingerprint density at radius 1 is 0.515 bits per heavy atom. The summed E-state index contributed by atoms with van der Waals surface area (Å²) < 4.78 is 9.13. The average Bonchev–Trinajstić information content (AvgIpc) is 3.89. The molecule has 0 saturated carbocycles. The minimum absolute atomic E-state index is 0. The van der Waals surface area contributed by atoms with Gasteiger partial charge in [-0.1, -0.05) is 173 Å². The van der Waals surface area contributed by atoms with Gasteiger partial charge in [-0.25, -0.2) is 9.97 Å². The quantitative estimate of drug-likeness (QED) is 0.133. The monoisotopic (exact) mass is 1060 g/mol. The maximum absolute atomic E-state index is 11.2. The number of aromatic nitrogens is 3. The van der Waals surface area contributed by atoms with Crippen LogP contribution in [-0.2, 0) is 21.1 Å². The Kier molecular flexibility index (Phi) is 10.5. The summed E-state index contributed by atoms with van der Waals surface area (Å²) in [6, 6.07) is 61.5. The van der Waals surface area contributed by atoms with Crippen molar-refractivity contribution in [3.8, 4) is 67.5 Å². The number of furan rings is 1. The molecule has 3 aromatic heterocycles. The van der Waals surface area contributed by atoms with Crippen molar-refractivity contribution >= 4 is 54.6 Å². The molecular weight excluding hydrogens is 1010 g/mol. The first kappa shape index (κ1) is 43.0. The van der Waals surface area contributed by atoms with Gasteiger partial charge in [-0.2, -0.15) is 0 Å². The number of nitrogens with zero attached hydrogens (tertiary/aromatic N) is 3. The van der Waals surface area contributed by atoms with Gasteiger partial charge < -0.3 is 9.52 Å². The third-order valence-corrected chi connectivity index (χ3v) is 13.3. The summed E-state index contributed by atoms with van der Waals surface area (Å²) in [6.45, 7) is 13.0. The zero-order valence-corrected chi connectivity index (χ0v) is 40.9. The van der Waals surface area contributed by atoms with Gasteiger partial charge in [0.05, 0.1) is 27.8 Å². The number of phenolic OH excluding ortho intramolecular Hbond substituents is 1. The number of phenols is 1. The van der Waals surface area contributed by atoms with Gasteiger partial charge in [-0.15, -0.1) is 17.2 Å². The van der Waals surface area contributed by atoms with Gasteiger partial charge in [0.25, 0.3) is 0 Å². The van der Waals surface area contributed by atoms with Gasteiger partial charge in [0.2, 0.25) is 0 Å². The first-order valence-electron chi connectivity index (χ1n) is 22.9. The van der Waals surface area contributed by atoms with Crippen molar-refractivity contribution in [3.63, 3.8) is 0 Å². The molecule has 0 bridgehead atoms. The fourth-order valence-corrected chi connectivity index (χ4v) is 10.6. The molecule has 0 atom stereocenters. The standard InChI is InChI=1S/C62H46N3O2.Pt/c1-35-27-36(2)30-43(29-35)46-17-11-18-47(44-31-37(3)28-38(4)32-44)57(46)50-33-45(34-55-58(50)49-16-7-8-22-54(49)67-55)48-19-12-20-52-60(48)64-62(65(52)61-39(5)13-9-14-40(61)6)51-26-25-42-24-23-41-15-10-21-53(66)56(41)59(42)63-51;/h7-32,34,66H,1-6H3;/q-1;. The van der Waals surface area contributed by atoms with Crippen molar-refractivity contribution < 1.29 is 30.6 Å². The van der Waals surface area contributed by atoms with Crippen LogP contribution in [0.2, 0.25) is 0 Å². The molecule has 9 aromatic carbocycles. The number of hydrogen-bond donors (Lipinski definition) is 1. The van der Waals surface area contributed by atoms with Crippen LogP contribution in [0.3, 0.4) is 0 Å². The molecule has 0 aliphatic carbocycles. The molecule has 0 radical (unpaired) electrons. The molecule has 0 aliphatic heterocycles. The maximum atomic E-state index is 11.2. The molecule has 6 heteroatoms. The third-order valence-electron chi connectivity index (χ3n) is 13.3. The number of rotatable bonds is 6. The molecule has 3 heterocycles. The summed E-state index contributed by atoms with van der Waals surface area (Å²) in [5, 5.41) is 15.8. The van der Waals surface area contributed by atoms with E-state index in [4.69, 9.17) is 14.4 Å². The van der Waals surface area contributed by atoms with Crippen LogP contribution in [0.15, 0.2) is 168 Å². The van der Waals surface area contributed by atoms with Crippen LogP contribution in [0.1, 0.15) is 33.4 Å². The average molecular weight is 1060 g/mol. The molecule has 0 saturated heterocycles. The summed E-state index contributed by atoms with van der Waals surface area (Å²) in [4.78, 5) is 10.9. The summed E-state index contributed by atoms with van der Waals surface area (Å²) in [5.74, 6) is 0.905. The molecule has 0 spiro atoms. The van der Waals surface area contributed by atoms with Gasteiger partial charge in [0.15, 0.2) is 5.82 Å². The number of benzene rings is 9. The molecule has 0 amide bonds. The minimum Gasteiger partial charge on any atom is -0.507 e. The summed E-state index contributed by atoms with van der Waals surface area (Å²) >= 11 is 0. The van der Waals surface area contributed by atoms with Crippen LogP contribution < -0.4 is 0 Å². The molecule has 68 heavy (non-hydrogen) atoms. The Labute approximate surface area is 409 Å². The van der Waals surface area contributed by atoms with Crippen molar-refractivity contribution in [2.24, 2.45) is 0 Å². The molecule has 5 nitrogen and oxygen atoms in total. The van der Waals surface area contributed by atoms with E-state index in [2.05, 4.69) is 180 Å². The zero-order valence-electron chi connectivity index (χ0n) is 38.6. The molecule has 0 fully saturated rings. The predicted molar refractivity (Wildman–Crippen MR) is 277 cm³/mol. The molecule has 12 rings (SSSR count). The second-order valence-corrected chi connectivity index (χ2v) is 18.3. The number of imidazole rings is 1. The smallest absolute Gasteiger partial charge is 0.163 e. The van der Waals surface area contributed by atoms with E-state index in [0.29, 0.717) is 11.5 Å². The van der Waals surface area contributed by atoms with E-state index < -0.39 is 0 Å². The van der Waals surface area contributed by atoms with E-state index in [1.807, 2.05) is 30.3 Å². The first-order chi connectivity index (χ1) is 32.6. The Morgan fingerprint density at radius 2 is 1.12 bits per heavy atom. The summed E-state index contributed by atoms with van der Waals surface area (Å²) in [6.07, 6.45) is 0. The number of pyridine rings is 1. The second-order valence-electron chi connectivity index (χ2n) is 18.3. The SMILES string of the molecule is Cc1cc(C)cc(-c2cccc(-c3cc(C)cc(C)c3)c2-c2[c-]c(-c3cccc4c3nc(-c3ccc5ccc6cccc(O)c6c5n3)n4-c3c(C)cccc3C)cc3oc4ccccc4c23)c1.[Pt]. The van der Waals surface area contributed by atoms with Crippen LogP contribution in [0.25, 0.3) is 116 Å². The molecule has 1 N–H and O–H groups in total. The Balaban J connectivity index is 0.00000507. The van der Waals surface area contributed by atoms with Crippen LogP contribution in [0, 0.1) is 47.6 Å². The van der Waals surface area contributed by atoms with Crippen molar-refractivity contribution in [1.29, 1.82) is 0 Å². The largest absolute Gasteiger partial charge is 0.507 e. The fourth-order valence-electron chi connectivity index (χ4n) is 10.6. The second kappa shape index (κ2) is 16.6. The van der Waals surface area contributed by atoms with Gasteiger partial charge >= 0.3 is 0 Å². The molecular formula is C62H46N3O2Pt-. The Hall–Kier alpha value is -7.59. The number of para-hydroxylation sites is 3. The third kappa shape index (κ3) is 7.04. The first-order valence-corrected chi connectivity index (χ1v) is 22.9. The predicted octanol–water partition coefficient (Wildman–Crippen LogP) is 16.3. The summed E-state index contributed by atoms with van der Waals surface area (Å²) in [5.41, 5.74) is 21.3. The molecule has 0 aliphatic rings. The molecule has 332 valence electrons. The van der Waals surface area contributed by atoms with E-state index in [1.54, 1.807) is 6.07 Å². The number of hydrogen-bond acceptors (Lipinski definition) is 4. The molecule has 12 aromatic rings. The van der Waals surface area contributed by atoms with E-state index in [-0.39, 0.29) is 26.8 Å².